The average Bonchev–Trinajstić information content (AvgIpc) is 2.78. The Bertz CT molecular complexity index is 1180. The number of rotatable bonds is 8. The second kappa shape index (κ2) is 9.91. The van der Waals surface area contributed by atoms with E-state index in [1.54, 1.807) is 24.3 Å². The van der Waals surface area contributed by atoms with Gasteiger partial charge in [0.25, 0.3) is 5.91 Å². The second-order valence-electron chi connectivity index (χ2n) is 7.59. The summed E-state index contributed by atoms with van der Waals surface area (Å²) in [4.78, 5) is 12.5. The van der Waals surface area contributed by atoms with Crippen molar-refractivity contribution in [3.8, 4) is 0 Å². The van der Waals surface area contributed by atoms with E-state index in [9.17, 15) is 22.0 Å². The third-order valence-corrected chi connectivity index (χ3v) is 6.21. The summed E-state index contributed by atoms with van der Waals surface area (Å²) >= 11 is 0. The van der Waals surface area contributed by atoms with Crippen LogP contribution in [0.2, 0.25) is 0 Å². The summed E-state index contributed by atoms with van der Waals surface area (Å²) in [6.07, 6.45) is 0.990. The van der Waals surface area contributed by atoms with Crippen LogP contribution in [0.25, 0.3) is 0 Å². The fourth-order valence-electron chi connectivity index (χ4n) is 3.21. The highest BCUT2D eigenvalue weighted by Crippen LogP contribution is 2.23. The van der Waals surface area contributed by atoms with Crippen molar-refractivity contribution < 1.29 is 22.0 Å². The number of hydrogen-bond acceptors (Lipinski definition) is 3. The zero-order valence-electron chi connectivity index (χ0n) is 17.8. The minimum atomic E-state index is -3.75. The van der Waals surface area contributed by atoms with E-state index in [1.807, 2.05) is 37.3 Å². The van der Waals surface area contributed by atoms with E-state index in [1.165, 1.54) is 6.07 Å². The molecule has 0 saturated carbocycles. The Kier molecular flexibility index (Phi) is 7.25. The Morgan fingerprint density at radius 1 is 0.969 bits per heavy atom. The first-order valence-electron chi connectivity index (χ1n) is 10.00. The standard InChI is InChI=1S/C24H24F2N2O3S/c1-17(19-6-4-3-5-7-19)15-27-24(29)20-10-8-18(9-11-20)16-28(32(2,30)31)21-12-13-22(25)23(26)14-21/h3-14,17H,15-16H2,1-2H3,(H,27,29). The molecule has 3 aromatic rings. The van der Waals surface area contributed by atoms with Crippen LogP contribution in [0.15, 0.2) is 72.8 Å². The molecule has 0 aliphatic rings. The quantitative estimate of drug-likeness (QED) is 0.542. The number of carbonyl (C=O) groups excluding carboxylic acids is 1. The number of anilines is 1. The van der Waals surface area contributed by atoms with Crippen LogP contribution in [0.4, 0.5) is 14.5 Å². The number of benzene rings is 3. The average molecular weight is 459 g/mol. The lowest BCUT2D eigenvalue weighted by molar-refractivity contribution is 0.0951. The zero-order valence-corrected chi connectivity index (χ0v) is 18.6. The number of halogens is 2. The van der Waals surface area contributed by atoms with E-state index < -0.39 is 21.7 Å². The van der Waals surface area contributed by atoms with Crippen molar-refractivity contribution in [2.45, 2.75) is 19.4 Å². The summed E-state index contributed by atoms with van der Waals surface area (Å²) in [5.41, 5.74) is 2.17. The maximum Gasteiger partial charge on any atom is 0.251 e. The van der Waals surface area contributed by atoms with Gasteiger partial charge in [0.1, 0.15) is 0 Å². The van der Waals surface area contributed by atoms with Crippen molar-refractivity contribution in [3.05, 3.63) is 101 Å². The highest BCUT2D eigenvalue weighted by Gasteiger charge is 2.20. The molecule has 32 heavy (non-hydrogen) atoms. The maximum absolute atomic E-state index is 13.6. The Hall–Kier alpha value is -3.26. The third-order valence-electron chi connectivity index (χ3n) is 5.07. The van der Waals surface area contributed by atoms with Gasteiger partial charge in [0.2, 0.25) is 10.0 Å². The van der Waals surface area contributed by atoms with Crippen LogP contribution in [-0.2, 0) is 16.6 Å². The van der Waals surface area contributed by atoms with Crippen LogP contribution in [0.1, 0.15) is 34.3 Å². The molecule has 3 rings (SSSR count). The fourth-order valence-corrected chi connectivity index (χ4v) is 4.09. The molecular weight excluding hydrogens is 434 g/mol. The van der Waals surface area contributed by atoms with E-state index in [0.717, 1.165) is 28.3 Å². The monoisotopic (exact) mass is 458 g/mol. The molecule has 0 spiro atoms. The Balaban J connectivity index is 1.68. The molecule has 0 fully saturated rings. The molecular formula is C24H24F2N2O3S. The Morgan fingerprint density at radius 2 is 1.62 bits per heavy atom. The molecule has 0 heterocycles. The van der Waals surface area contributed by atoms with Gasteiger partial charge >= 0.3 is 0 Å². The predicted molar refractivity (Wildman–Crippen MR) is 121 cm³/mol. The smallest absolute Gasteiger partial charge is 0.251 e. The Labute approximate surface area is 186 Å². The van der Waals surface area contributed by atoms with Crippen molar-refractivity contribution >= 4 is 21.6 Å². The first-order valence-corrected chi connectivity index (χ1v) is 11.8. The molecule has 0 aliphatic heterocycles. The third kappa shape index (κ3) is 5.91. The number of nitrogens with zero attached hydrogens (tertiary/aromatic N) is 1. The van der Waals surface area contributed by atoms with Gasteiger partial charge in [0, 0.05) is 18.2 Å². The summed E-state index contributed by atoms with van der Waals surface area (Å²) in [6, 6.07) is 19.2. The van der Waals surface area contributed by atoms with Gasteiger partial charge in [-0.2, -0.15) is 0 Å². The zero-order chi connectivity index (χ0) is 23.3. The van der Waals surface area contributed by atoms with Gasteiger partial charge in [-0.15, -0.1) is 0 Å². The van der Waals surface area contributed by atoms with Crippen LogP contribution < -0.4 is 9.62 Å². The van der Waals surface area contributed by atoms with Gasteiger partial charge < -0.3 is 5.32 Å². The normalized spacial score (nSPS) is 12.2. The molecule has 168 valence electrons. The number of nitrogens with one attached hydrogen (secondary N) is 1. The minimum absolute atomic E-state index is 0.0168. The number of sulfonamides is 1. The van der Waals surface area contributed by atoms with Crippen molar-refractivity contribution in [1.29, 1.82) is 0 Å². The molecule has 1 atom stereocenters. The van der Waals surface area contributed by atoms with Crippen molar-refractivity contribution in [3.63, 3.8) is 0 Å². The number of carbonyl (C=O) groups is 1. The number of hydrogen-bond donors (Lipinski definition) is 1. The molecule has 1 unspecified atom stereocenters. The lowest BCUT2D eigenvalue weighted by Gasteiger charge is -2.22. The van der Waals surface area contributed by atoms with Crippen LogP contribution in [0.3, 0.4) is 0 Å². The van der Waals surface area contributed by atoms with E-state index in [0.29, 0.717) is 17.7 Å². The summed E-state index contributed by atoms with van der Waals surface area (Å²) in [5.74, 6) is -2.27. The second-order valence-corrected chi connectivity index (χ2v) is 9.49. The lowest BCUT2D eigenvalue weighted by atomic mass is 10.0. The van der Waals surface area contributed by atoms with E-state index in [-0.39, 0.29) is 24.1 Å². The van der Waals surface area contributed by atoms with Gasteiger partial charge in [-0.1, -0.05) is 49.4 Å². The molecule has 0 bridgehead atoms. The molecule has 1 amide bonds. The molecule has 1 N–H and O–H groups in total. The topological polar surface area (TPSA) is 66.5 Å². The first-order chi connectivity index (χ1) is 15.1. The molecule has 8 heteroatoms. The predicted octanol–water partition coefficient (Wildman–Crippen LogP) is 4.46. The van der Waals surface area contributed by atoms with E-state index in [2.05, 4.69) is 5.32 Å². The van der Waals surface area contributed by atoms with Gasteiger partial charge in [-0.05, 0) is 41.3 Å². The van der Waals surface area contributed by atoms with Gasteiger partial charge in [-0.25, -0.2) is 17.2 Å². The van der Waals surface area contributed by atoms with E-state index in [4.69, 9.17) is 0 Å². The van der Waals surface area contributed by atoms with Crippen molar-refractivity contribution in [1.82, 2.24) is 5.32 Å². The summed E-state index contributed by atoms with van der Waals surface area (Å²) in [5, 5.41) is 2.90. The molecule has 3 aromatic carbocycles. The fraction of sp³-hybridized carbons (Fsp3) is 0.208. The SMILES string of the molecule is CC(CNC(=O)c1ccc(CN(c2ccc(F)c(F)c2)S(C)(=O)=O)cc1)c1ccccc1. The van der Waals surface area contributed by atoms with E-state index >= 15 is 0 Å². The van der Waals surface area contributed by atoms with Crippen LogP contribution in [0, 0.1) is 11.6 Å². The van der Waals surface area contributed by atoms with Crippen LogP contribution in [0.5, 0.6) is 0 Å². The molecule has 0 aromatic heterocycles. The highest BCUT2D eigenvalue weighted by atomic mass is 32.2. The maximum atomic E-state index is 13.6. The summed E-state index contributed by atoms with van der Waals surface area (Å²) in [7, 11) is -3.75. The molecule has 0 aliphatic carbocycles. The molecule has 0 radical (unpaired) electrons. The van der Waals surface area contributed by atoms with Crippen molar-refractivity contribution in [2.75, 3.05) is 17.1 Å². The molecule has 0 saturated heterocycles. The first kappa shape index (κ1) is 23.4. The van der Waals surface area contributed by atoms with Gasteiger partial charge in [0.15, 0.2) is 11.6 Å². The highest BCUT2D eigenvalue weighted by molar-refractivity contribution is 7.92. The summed E-state index contributed by atoms with van der Waals surface area (Å²) < 4.78 is 52.3. The molecule has 5 nitrogen and oxygen atoms in total. The largest absolute Gasteiger partial charge is 0.351 e. The minimum Gasteiger partial charge on any atom is -0.351 e. The van der Waals surface area contributed by atoms with Crippen molar-refractivity contribution in [2.24, 2.45) is 0 Å². The van der Waals surface area contributed by atoms with Crippen LogP contribution >= 0.6 is 0 Å². The number of amides is 1. The van der Waals surface area contributed by atoms with Gasteiger partial charge in [-0.3, -0.25) is 9.10 Å². The summed E-state index contributed by atoms with van der Waals surface area (Å²) in [6.45, 7) is 2.41. The van der Waals surface area contributed by atoms with Gasteiger partial charge in [0.05, 0.1) is 18.5 Å². The Morgan fingerprint density at radius 3 is 2.22 bits per heavy atom. The lowest BCUT2D eigenvalue weighted by Crippen LogP contribution is -2.29. The van der Waals surface area contributed by atoms with Crippen LogP contribution in [-0.4, -0.2) is 27.1 Å².